The largest absolute Gasteiger partial charge is 0.378 e. The Morgan fingerprint density at radius 2 is 2.00 bits per heavy atom. The maximum atomic E-state index is 11.9. The van der Waals surface area contributed by atoms with E-state index in [4.69, 9.17) is 4.74 Å². The van der Waals surface area contributed by atoms with Crippen LogP contribution in [0.15, 0.2) is 30.3 Å². The number of amides is 1. The van der Waals surface area contributed by atoms with E-state index in [9.17, 15) is 4.79 Å². The van der Waals surface area contributed by atoms with E-state index in [0.29, 0.717) is 24.8 Å². The van der Waals surface area contributed by atoms with Crippen molar-refractivity contribution in [3.8, 4) is 5.69 Å². The molecule has 0 saturated heterocycles. The molecule has 1 aromatic heterocycles. The summed E-state index contributed by atoms with van der Waals surface area (Å²) in [7, 11) is 0. The second-order valence-electron chi connectivity index (χ2n) is 6.18. The SMILES string of the molecule is CC(C)C[C@H](C)OCCC(=O)NCc1nnnn1-c1ccccc1. The third-order valence-corrected chi connectivity index (χ3v) is 3.51. The maximum Gasteiger partial charge on any atom is 0.222 e. The third kappa shape index (κ3) is 5.73. The van der Waals surface area contributed by atoms with Crippen molar-refractivity contribution in [3.63, 3.8) is 0 Å². The van der Waals surface area contributed by atoms with Crippen LogP contribution in [0.4, 0.5) is 0 Å². The van der Waals surface area contributed by atoms with Gasteiger partial charge in [-0.15, -0.1) is 5.10 Å². The normalized spacial score (nSPS) is 12.3. The molecule has 0 aliphatic carbocycles. The minimum Gasteiger partial charge on any atom is -0.378 e. The number of para-hydroxylation sites is 1. The first-order valence-electron chi connectivity index (χ1n) is 8.27. The number of hydrogen-bond acceptors (Lipinski definition) is 5. The van der Waals surface area contributed by atoms with E-state index in [-0.39, 0.29) is 18.6 Å². The van der Waals surface area contributed by atoms with Gasteiger partial charge in [-0.3, -0.25) is 4.79 Å². The van der Waals surface area contributed by atoms with Crippen LogP contribution in [0.5, 0.6) is 0 Å². The Morgan fingerprint density at radius 1 is 1.25 bits per heavy atom. The molecule has 1 atom stereocenters. The molecule has 0 aliphatic heterocycles. The van der Waals surface area contributed by atoms with Crippen molar-refractivity contribution in [3.05, 3.63) is 36.2 Å². The average molecular weight is 331 g/mol. The molecule has 1 amide bonds. The highest BCUT2D eigenvalue weighted by Gasteiger charge is 2.10. The lowest BCUT2D eigenvalue weighted by Crippen LogP contribution is -2.26. The van der Waals surface area contributed by atoms with Gasteiger partial charge in [-0.2, -0.15) is 4.68 Å². The highest BCUT2D eigenvalue weighted by atomic mass is 16.5. The fourth-order valence-corrected chi connectivity index (χ4v) is 2.44. The Bertz CT molecular complexity index is 627. The standard InChI is InChI=1S/C17H25N5O2/c1-13(2)11-14(3)24-10-9-17(23)18-12-16-19-20-21-22(16)15-7-5-4-6-8-15/h4-8,13-14H,9-12H2,1-3H3,(H,18,23)/t14-/m0/s1. The zero-order chi connectivity index (χ0) is 17.4. The van der Waals surface area contributed by atoms with E-state index in [1.807, 2.05) is 37.3 Å². The lowest BCUT2D eigenvalue weighted by Gasteiger charge is -2.14. The van der Waals surface area contributed by atoms with Gasteiger partial charge in [-0.1, -0.05) is 32.0 Å². The molecular formula is C17H25N5O2. The number of rotatable bonds is 9. The Hall–Kier alpha value is -2.28. The summed E-state index contributed by atoms with van der Waals surface area (Å²) < 4.78 is 7.26. The molecule has 1 heterocycles. The van der Waals surface area contributed by atoms with Gasteiger partial charge >= 0.3 is 0 Å². The van der Waals surface area contributed by atoms with Gasteiger partial charge < -0.3 is 10.1 Å². The monoisotopic (exact) mass is 331 g/mol. The molecule has 2 aromatic rings. The van der Waals surface area contributed by atoms with E-state index < -0.39 is 0 Å². The maximum absolute atomic E-state index is 11.9. The van der Waals surface area contributed by atoms with Gasteiger partial charge in [-0.25, -0.2) is 0 Å². The molecule has 130 valence electrons. The van der Waals surface area contributed by atoms with Gasteiger partial charge in [0.25, 0.3) is 0 Å². The predicted molar refractivity (Wildman–Crippen MR) is 90.5 cm³/mol. The molecule has 2 rings (SSSR count). The lowest BCUT2D eigenvalue weighted by atomic mass is 10.1. The van der Waals surface area contributed by atoms with Crippen LogP contribution in [0, 0.1) is 5.92 Å². The van der Waals surface area contributed by atoms with E-state index in [1.165, 1.54) is 0 Å². The van der Waals surface area contributed by atoms with Crippen LogP contribution in [-0.2, 0) is 16.1 Å². The summed E-state index contributed by atoms with van der Waals surface area (Å²) in [5.41, 5.74) is 0.859. The molecule has 0 radical (unpaired) electrons. The van der Waals surface area contributed by atoms with E-state index in [2.05, 4.69) is 34.7 Å². The summed E-state index contributed by atoms with van der Waals surface area (Å²) in [4.78, 5) is 11.9. The number of carbonyl (C=O) groups is 1. The van der Waals surface area contributed by atoms with Gasteiger partial charge in [0.15, 0.2) is 5.82 Å². The van der Waals surface area contributed by atoms with Gasteiger partial charge in [0.2, 0.25) is 5.91 Å². The van der Waals surface area contributed by atoms with Crippen molar-refractivity contribution < 1.29 is 9.53 Å². The lowest BCUT2D eigenvalue weighted by molar-refractivity contribution is -0.122. The van der Waals surface area contributed by atoms with Crippen LogP contribution in [0.3, 0.4) is 0 Å². The van der Waals surface area contributed by atoms with E-state index >= 15 is 0 Å². The van der Waals surface area contributed by atoms with Gasteiger partial charge in [0.1, 0.15) is 0 Å². The van der Waals surface area contributed by atoms with Crippen molar-refractivity contribution in [1.82, 2.24) is 25.5 Å². The topological polar surface area (TPSA) is 81.9 Å². The van der Waals surface area contributed by atoms with Gasteiger partial charge in [0.05, 0.1) is 24.9 Å². The number of aromatic nitrogens is 4. The predicted octanol–water partition coefficient (Wildman–Crippen LogP) is 2.12. The Labute approximate surface area is 142 Å². The summed E-state index contributed by atoms with van der Waals surface area (Å²) in [5.74, 6) is 1.10. The number of ether oxygens (including phenoxy) is 1. The Morgan fingerprint density at radius 3 is 2.71 bits per heavy atom. The van der Waals surface area contributed by atoms with Crippen molar-refractivity contribution in [1.29, 1.82) is 0 Å². The number of nitrogens with zero attached hydrogens (tertiary/aromatic N) is 4. The summed E-state index contributed by atoms with van der Waals surface area (Å²) in [6.45, 7) is 7.05. The summed E-state index contributed by atoms with van der Waals surface area (Å²) >= 11 is 0. The molecule has 0 fully saturated rings. The first-order valence-corrected chi connectivity index (χ1v) is 8.27. The molecule has 24 heavy (non-hydrogen) atoms. The third-order valence-electron chi connectivity index (χ3n) is 3.51. The number of carbonyl (C=O) groups excluding carboxylic acids is 1. The number of hydrogen-bond donors (Lipinski definition) is 1. The van der Waals surface area contributed by atoms with Crippen LogP contribution in [0.1, 0.15) is 39.4 Å². The first-order chi connectivity index (χ1) is 11.6. The number of nitrogens with one attached hydrogen (secondary N) is 1. The van der Waals surface area contributed by atoms with Crippen LogP contribution in [-0.4, -0.2) is 38.8 Å². The fraction of sp³-hybridized carbons (Fsp3) is 0.529. The van der Waals surface area contributed by atoms with Crippen molar-refractivity contribution in [2.24, 2.45) is 5.92 Å². The highest BCUT2D eigenvalue weighted by molar-refractivity contribution is 5.75. The van der Waals surface area contributed by atoms with Crippen LogP contribution in [0.25, 0.3) is 5.69 Å². The molecule has 0 saturated carbocycles. The molecule has 7 nitrogen and oxygen atoms in total. The Balaban J connectivity index is 1.76. The van der Waals surface area contributed by atoms with Crippen LogP contribution >= 0.6 is 0 Å². The van der Waals surface area contributed by atoms with Crippen molar-refractivity contribution >= 4 is 5.91 Å². The highest BCUT2D eigenvalue weighted by Crippen LogP contribution is 2.08. The average Bonchev–Trinajstić information content (AvgIpc) is 3.01. The molecule has 0 aliphatic rings. The summed E-state index contributed by atoms with van der Waals surface area (Å²) in [5, 5.41) is 14.4. The smallest absolute Gasteiger partial charge is 0.222 e. The quantitative estimate of drug-likeness (QED) is 0.761. The van der Waals surface area contributed by atoms with Crippen LogP contribution < -0.4 is 5.32 Å². The minimum atomic E-state index is -0.0747. The Kier molecular flexibility index (Phi) is 6.87. The zero-order valence-corrected chi connectivity index (χ0v) is 14.5. The minimum absolute atomic E-state index is 0.0747. The number of tetrazole rings is 1. The van der Waals surface area contributed by atoms with Crippen LogP contribution in [0.2, 0.25) is 0 Å². The second-order valence-corrected chi connectivity index (χ2v) is 6.18. The van der Waals surface area contributed by atoms with Gasteiger partial charge in [-0.05, 0) is 41.8 Å². The summed E-state index contributed by atoms with van der Waals surface area (Å²) in [6, 6.07) is 9.57. The molecule has 0 bridgehead atoms. The van der Waals surface area contributed by atoms with Crippen molar-refractivity contribution in [2.75, 3.05) is 6.61 Å². The first kappa shape index (κ1) is 18.1. The molecule has 0 spiro atoms. The van der Waals surface area contributed by atoms with E-state index in [1.54, 1.807) is 4.68 Å². The molecule has 1 aromatic carbocycles. The molecule has 7 heteroatoms. The molecule has 1 N–H and O–H groups in total. The van der Waals surface area contributed by atoms with Crippen molar-refractivity contribution in [2.45, 2.75) is 46.3 Å². The van der Waals surface area contributed by atoms with E-state index in [0.717, 1.165) is 12.1 Å². The summed E-state index contributed by atoms with van der Waals surface area (Å²) in [6.07, 6.45) is 1.49. The molecule has 0 unspecified atom stereocenters. The second kappa shape index (κ2) is 9.12. The zero-order valence-electron chi connectivity index (χ0n) is 14.5. The fourth-order valence-electron chi connectivity index (χ4n) is 2.44. The molecular weight excluding hydrogens is 306 g/mol. The number of benzene rings is 1. The van der Waals surface area contributed by atoms with Gasteiger partial charge in [0, 0.05) is 6.42 Å².